The lowest BCUT2D eigenvalue weighted by atomic mass is 9.85. The number of aromatic nitrogens is 1. The van der Waals surface area contributed by atoms with Crippen molar-refractivity contribution in [3.8, 4) is 11.8 Å². The number of benzene rings is 1. The van der Waals surface area contributed by atoms with Crippen LogP contribution in [0.4, 0.5) is 4.79 Å². The molecule has 15 heteroatoms. The molecule has 0 bridgehead atoms. The van der Waals surface area contributed by atoms with Crippen molar-refractivity contribution in [3.63, 3.8) is 0 Å². The van der Waals surface area contributed by atoms with Gasteiger partial charge in [0.1, 0.15) is 23.7 Å². The first-order valence-corrected chi connectivity index (χ1v) is 21.4. The first-order valence-electron chi connectivity index (χ1n) is 19.9. The minimum absolute atomic E-state index is 0.0141. The third-order valence-electron chi connectivity index (χ3n) is 12.4. The second-order valence-corrected chi connectivity index (χ2v) is 20.1. The molecule has 7 rings (SSSR count). The highest BCUT2D eigenvalue weighted by Crippen LogP contribution is 2.48. The SMILES string of the molecule is C[C@H]1CCC=C[C@@H]2C[C@@]2(C(=O)NS(=O)(=O)C2(C)CC2)NC(=O)[C@@H]2C[C@@H](Oc3nc4c(c5ccccc35)CCCO4)CN2C(=O)[C@@H](N(C(=O)O)C(C)(C)C)[C@H](C)C1. The number of carboxylic acid groups (broad SMARTS) is 1. The van der Waals surface area contributed by atoms with E-state index >= 15 is 4.79 Å². The summed E-state index contributed by atoms with van der Waals surface area (Å²) in [5.74, 6) is -2.00. The first-order chi connectivity index (χ1) is 26.3. The molecule has 7 atom stereocenters. The summed E-state index contributed by atoms with van der Waals surface area (Å²) >= 11 is 0. The third kappa shape index (κ3) is 7.43. The Morgan fingerprint density at radius 1 is 1.12 bits per heavy atom. The number of fused-ring (bicyclic) bond motifs is 5. The molecule has 5 aliphatic rings. The molecule has 304 valence electrons. The Balaban J connectivity index is 1.27. The lowest BCUT2D eigenvalue weighted by Crippen LogP contribution is -2.62. The van der Waals surface area contributed by atoms with Crippen LogP contribution < -0.4 is 19.5 Å². The molecule has 2 aliphatic carbocycles. The van der Waals surface area contributed by atoms with Crippen LogP contribution in [0.3, 0.4) is 0 Å². The van der Waals surface area contributed by atoms with Crippen molar-refractivity contribution in [2.24, 2.45) is 17.8 Å². The number of allylic oxidation sites excluding steroid dienone is 1. The monoisotopic (exact) mass is 793 g/mol. The largest absolute Gasteiger partial charge is 0.477 e. The Labute approximate surface area is 328 Å². The molecule has 2 aromatic rings. The number of nitrogens with one attached hydrogen (secondary N) is 2. The van der Waals surface area contributed by atoms with Gasteiger partial charge < -0.3 is 24.8 Å². The van der Waals surface area contributed by atoms with Gasteiger partial charge in [-0.05, 0) is 102 Å². The van der Waals surface area contributed by atoms with E-state index in [4.69, 9.17) is 14.5 Å². The van der Waals surface area contributed by atoms with Crippen molar-refractivity contribution in [1.82, 2.24) is 24.8 Å². The summed E-state index contributed by atoms with van der Waals surface area (Å²) in [5, 5.41) is 15.2. The number of carbonyl (C=O) groups is 4. The number of hydrogen-bond acceptors (Lipinski definition) is 9. The maximum atomic E-state index is 15.1. The van der Waals surface area contributed by atoms with Gasteiger partial charge in [0.2, 0.25) is 33.6 Å². The molecule has 3 N–H and O–H groups in total. The number of rotatable bonds is 6. The molecule has 4 heterocycles. The number of nitrogens with zero attached hydrogens (tertiary/aromatic N) is 3. The van der Waals surface area contributed by atoms with E-state index in [1.54, 1.807) is 27.7 Å². The Hall–Kier alpha value is -4.40. The lowest BCUT2D eigenvalue weighted by Gasteiger charge is -2.43. The van der Waals surface area contributed by atoms with Gasteiger partial charge in [-0.1, -0.05) is 44.2 Å². The molecule has 4 amide bonds. The van der Waals surface area contributed by atoms with E-state index in [-0.39, 0.29) is 25.3 Å². The van der Waals surface area contributed by atoms with E-state index in [9.17, 15) is 27.9 Å². The van der Waals surface area contributed by atoms with Gasteiger partial charge in [-0.25, -0.2) is 13.2 Å². The standard InChI is InChI=1S/C41H55N5O9S/c1-24-12-7-8-13-26-22-41(26,37(49)44-56(52,53)40(6)17-18-40)43-33(47)31-21-27(23-45(31)36(48)32(25(2)20-24)46(38(50)51)39(3,4)5)55-35-30-15-10-9-14-28(30)29-16-11-19-54-34(29)42-35/h8-10,13-15,24-27,31-32H,7,11-12,16-23H2,1-6H3,(H,43,47)(H,44,49)(H,50,51)/t24-,25+,26+,27+,31-,32-,41+/m0/s1. The molecule has 14 nitrogen and oxygen atoms in total. The van der Waals surface area contributed by atoms with E-state index in [0.717, 1.165) is 35.6 Å². The second-order valence-electron chi connectivity index (χ2n) is 17.9. The number of aryl methyl sites for hydroxylation is 1. The number of carbonyl (C=O) groups excluding carboxylic acids is 3. The lowest BCUT2D eigenvalue weighted by molar-refractivity contribution is -0.146. The molecule has 1 saturated heterocycles. The number of ether oxygens (including phenoxy) is 2. The van der Waals surface area contributed by atoms with Crippen molar-refractivity contribution in [2.45, 2.75) is 133 Å². The van der Waals surface area contributed by atoms with Crippen LogP contribution in [-0.4, -0.2) is 99.3 Å². The van der Waals surface area contributed by atoms with Crippen molar-refractivity contribution in [2.75, 3.05) is 13.2 Å². The molecule has 1 aromatic carbocycles. The van der Waals surface area contributed by atoms with Crippen molar-refractivity contribution in [3.05, 3.63) is 42.0 Å². The molecular weight excluding hydrogens is 739 g/mol. The molecular formula is C41H55N5O9S. The Kier molecular flexibility index (Phi) is 10.3. The van der Waals surface area contributed by atoms with Gasteiger partial charge in [-0.15, -0.1) is 0 Å². The van der Waals surface area contributed by atoms with E-state index in [0.29, 0.717) is 44.1 Å². The number of amides is 4. The van der Waals surface area contributed by atoms with Crippen LogP contribution in [0.1, 0.15) is 98.5 Å². The van der Waals surface area contributed by atoms with Crippen molar-refractivity contribution in [1.29, 1.82) is 0 Å². The van der Waals surface area contributed by atoms with Gasteiger partial charge in [0.05, 0.1) is 17.9 Å². The molecule has 0 unspecified atom stereocenters. The van der Waals surface area contributed by atoms with Crippen LogP contribution >= 0.6 is 0 Å². The van der Waals surface area contributed by atoms with Crippen LogP contribution in [0.2, 0.25) is 0 Å². The average molecular weight is 794 g/mol. The zero-order chi connectivity index (χ0) is 40.4. The number of sulfonamides is 1. The second kappa shape index (κ2) is 14.5. The van der Waals surface area contributed by atoms with Crippen molar-refractivity contribution < 1.29 is 42.2 Å². The quantitative estimate of drug-likeness (QED) is 0.339. The highest BCUT2D eigenvalue weighted by Gasteiger charge is 2.63. The summed E-state index contributed by atoms with van der Waals surface area (Å²) in [6, 6.07) is 5.40. The van der Waals surface area contributed by atoms with Gasteiger partial charge >= 0.3 is 6.09 Å². The molecule has 56 heavy (non-hydrogen) atoms. The molecule has 2 saturated carbocycles. The summed E-state index contributed by atoms with van der Waals surface area (Å²) in [7, 11) is -4.01. The summed E-state index contributed by atoms with van der Waals surface area (Å²) in [4.78, 5) is 64.1. The van der Waals surface area contributed by atoms with E-state index in [2.05, 4.69) is 17.0 Å². The summed E-state index contributed by atoms with van der Waals surface area (Å²) in [5.41, 5.74) is -1.53. The normalized spacial score (nSPS) is 30.4. The van der Waals surface area contributed by atoms with Gasteiger partial charge in [0, 0.05) is 28.8 Å². The zero-order valence-electron chi connectivity index (χ0n) is 33.2. The molecule has 0 radical (unpaired) electrons. The topological polar surface area (TPSA) is 185 Å². The van der Waals surface area contributed by atoms with E-state index in [1.807, 2.05) is 43.3 Å². The maximum Gasteiger partial charge on any atom is 0.408 e. The predicted molar refractivity (Wildman–Crippen MR) is 208 cm³/mol. The van der Waals surface area contributed by atoms with Crippen LogP contribution in [0.5, 0.6) is 11.8 Å². The molecule has 3 aliphatic heterocycles. The van der Waals surface area contributed by atoms with Crippen molar-refractivity contribution >= 4 is 44.6 Å². The summed E-state index contributed by atoms with van der Waals surface area (Å²) in [6.45, 7) is 11.2. The number of pyridine rings is 1. The first kappa shape index (κ1) is 39.8. The minimum atomic E-state index is -4.01. The van der Waals surface area contributed by atoms with Gasteiger partial charge in [-0.3, -0.25) is 24.0 Å². The summed E-state index contributed by atoms with van der Waals surface area (Å²) < 4.78 is 40.2. The average Bonchev–Trinajstić information content (AvgIpc) is 4.01. The molecule has 0 spiro atoms. The van der Waals surface area contributed by atoms with Gasteiger partial charge in [0.25, 0.3) is 5.91 Å². The molecule has 3 fully saturated rings. The highest BCUT2D eigenvalue weighted by molar-refractivity contribution is 7.91. The molecule has 1 aromatic heterocycles. The fraction of sp³-hybridized carbons (Fsp3) is 0.634. The fourth-order valence-corrected chi connectivity index (χ4v) is 10.2. The predicted octanol–water partition coefficient (Wildman–Crippen LogP) is 4.94. The van der Waals surface area contributed by atoms with Crippen LogP contribution in [0.15, 0.2) is 36.4 Å². The van der Waals surface area contributed by atoms with Crippen LogP contribution in [0, 0.1) is 17.8 Å². The highest BCUT2D eigenvalue weighted by atomic mass is 32.2. The fourth-order valence-electron chi connectivity index (χ4n) is 8.86. The zero-order valence-corrected chi connectivity index (χ0v) is 34.0. The smallest absolute Gasteiger partial charge is 0.408 e. The minimum Gasteiger partial charge on any atom is -0.477 e. The Morgan fingerprint density at radius 2 is 1.84 bits per heavy atom. The van der Waals surface area contributed by atoms with Gasteiger partial charge in [-0.2, -0.15) is 4.98 Å². The Bertz CT molecular complexity index is 2060. The third-order valence-corrected chi connectivity index (χ3v) is 14.6. The van der Waals surface area contributed by atoms with Crippen LogP contribution in [-0.2, 0) is 30.8 Å². The Morgan fingerprint density at radius 3 is 2.52 bits per heavy atom. The van der Waals surface area contributed by atoms with E-state index in [1.165, 1.54) is 9.80 Å². The van der Waals surface area contributed by atoms with Gasteiger partial charge in [0.15, 0.2) is 0 Å². The number of hydrogen-bond donors (Lipinski definition) is 3. The summed E-state index contributed by atoms with van der Waals surface area (Å²) in [6.07, 6.45) is 6.48. The van der Waals surface area contributed by atoms with Crippen LogP contribution in [0.25, 0.3) is 10.8 Å². The van der Waals surface area contributed by atoms with E-state index < -0.39 is 79.7 Å². The maximum absolute atomic E-state index is 15.1.